The predicted molar refractivity (Wildman–Crippen MR) is 114 cm³/mol. The van der Waals surface area contributed by atoms with Crippen LogP contribution in [0.5, 0.6) is 0 Å². The summed E-state index contributed by atoms with van der Waals surface area (Å²) in [7, 11) is 0. The minimum atomic E-state index is 0.236. The van der Waals surface area contributed by atoms with Crippen LogP contribution < -0.4 is 5.73 Å². The molecule has 10 heteroatoms. The largest absolute Gasteiger partial charge is 0.368 e. The maximum absolute atomic E-state index is 5.57. The van der Waals surface area contributed by atoms with Crippen LogP contribution in [0.2, 0.25) is 0 Å². The summed E-state index contributed by atoms with van der Waals surface area (Å²) < 4.78 is 0. The number of fused-ring (bicyclic) bond motifs is 1. The number of aromatic nitrogens is 6. The van der Waals surface area contributed by atoms with Crippen LogP contribution in [0.1, 0.15) is 43.7 Å². The number of thioether (sulfide) groups is 1. The highest BCUT2D eigenvalue weighted by atomic mass is 32.2. The Morgan fingerprint density at radius 1 is 1.17 bits per heavy atom. The maximum Gasteiger partial charge on any atom is 0.220 e. The average Bonchev–Trinajstić information content (AvgIpc) is 3.49. The van der Waals surface area contributed by atoms with Crippen LogP contribution in [-0.4, -0.2) is 59.7 Å². The zero-order chi connectivity index (χ0) is 19.6. The van der Waals surface area contributed by atoms with Crippen LogP contribution in [0.25, 0.3) is 11.0 Å². The second kappa shape index (κ2) is 8.02. The fraction of sp³-hybridized carbons (Fsp3) is 0.526. The van der Waals surface area contributed by atoms with Crippen LogP contribution in [-0.2, 0) is 0 Å². The smallest absolute Gasteiger partial charge is 0.220 e. The second-order valence-electron chi connectivity index (χ2n) is 7.82. The normalized spacial score (nSPS) is 24.6. The van der Waals surface area contributed by atoms with E-state index in [0.29, 0.717) is 12.0 Å². The molecule has 0 aromatic carbocycles. The van der Waals surface area contributed by atoms with E-state index >= 15 is 0 Å². The number of nitrogen functional groups attached to an aromatic ring is 1. The number of hydrogen-bond acceptors (Lipinski definition) is 8. The number of hydrazone groups is 1. The molecule has 5 rings (SSSR count). The average molecular weight is 412 g/mol. The van der Waals surface area contributed by atoms with E-state index in [1.807, 2.05) is 6.20 Å². The van der Waals surface area contributed by atoms with E-state index in [0.717, 1.165) is 40.1 Å². The van der Waals surface area contributed by atoms with Crippen molar-refractivity contribution >= 4 is 35.0 Å². The summed E-state index contributed by atoms with van der Waals surface area (Å²) >= 11 is 1.70. The Morgan fingerprint density at radius 2 is 2.07 bits per heavy atom. The topological polar surface area (TPSA) is 125 Å². The van der Waals surface area contributed by atoms with Gasteiger partial charge >= 0.3 is 0 Å². The molecule has 9 nitrogen and oxygen atoms in total. The lowest BCUT2D eigenvalue weighted by Gasteiger charge is -2.34. The lowest BCUT2D eigenvalue weighted by molar-refractivity contribution is 0.149. The van der Waals surface area contributed by atoms with Crippen molar-refractivity contribution < 1.29 is 0 Å². The molecule has 0 spiro atoms. The van der Waals surface area contributed by atoms with Gasteiger partial charge < -0.3 is 15.7 Å². The SMILES string of the molecule is Nc1nnc(SCC[C@H]2CC[C@@H](N3CC(c4ncnc5[nH]ccc45)C=N3)CC2)[nH]1. The van der Waals surface area contributed by atoms with E-state index in [4.69, 9.17) is 10.8 Å². The Bertz CT molecular complexity index is 988. The standard InChI is InChI=1S/C19H25N9S/c20-18-25-19(27-26-18)29-8-6-12-1-3-14(4-2-12)28-10-13(9-24-28)16-15-5-7-21-17(15)23-11-22-16/h5,7,9,11-14H,1-4,6,8,10H2,(H,21,22,23)(H3,20,25,26,27)/t12-,13?,14+. The molecule has 3 aromatic heterocycles. The zero-order valence-electron chi connectivity index (χ0n) is 16.2. The molecule has 4 heterocycles. The number of hydrogen-bond donors (Lipinski definition) is 3. The highest BCUT2D eigenvalue weighted by molar-refractivity contribution is 7.99. The molecule has 0 amide bonds. The number of rotatable bonds is 6. The summed E-state index contributed by atoms with van der Waals surface area (Å²) in [4.78, 5) is 15.0. The van der Waals surface area contributed by atoms with Crippen molar-refractivity contribution in [3.8, 4) is 0 Å². The number of H-pyrrole nitrogens is 2. The molecular formula is C19H25N9S. The van der Waals surface area contributed by atoms with Crippen molar-refractivity contribution in [3.63, 3.8) is 0 Å². The number of nitrogens with one attached hydrogen (secondary N) is 2. The number of anilines is 1. The van der Waals surface area contributed by atoms with Gasteiger partial charge in [-0.05, 0) is 44.1 Å². The van der Waals surface area contributed by atoms with Crippen LogP contribution in [0.4, 0.5) is 5.95 Å². The fourth-order valence-corrected chi connectivity index (χ4v) is 5.35. The van der Waals surface area contributed by atoms with Crippen LogP contribution in [0.3, 0.4) is 0 Å². The number of aromatic amines is 2. The molecule has 2 aliphatic rings. The van der Waals surface area contributed by atoms with Crippen LogP contribution in [0.15, 0.2) is 28.8 Å². The molecule has 4 N–H and O–H groups in total. The minimum Gasteiger partial charge on any atom is -0.368 e. The number of nitrogens with zero attached hydrogens (tertiary/aromatic N) is 6. The van der Waals surface area contributed by atoms with Gasteiger partial charge in [0.1, 0.15) is 12.0 Å². The molecule has 0 bridgehead atoms. The van der Waals surface area contributed by atoms with Crippen LogP contribution in [0, 0.1) is 5.92 Å². The summed E-state index contributed by atoms with van der Waals surface area (Å²) in [6, 6.07) is 2.59. The first-order chi connectivity index (χ1) is 14.3. The Hall–Kier alpha value is -2.62. The summed E-state index contributed by atoms with van der Waals surface area (Å²) in [6.07, 6.45) is 11.8. The van der Waals surface area contributed by atoms with Gasteiger partial charge in [-0.25, -0.2) is 9.97 Å². The molecule has 3 aromatic rings. The van der Waals surface area contributed by atoms with Gasteiger partial charge in [0.25, 0.3) is 0 Å². The highest BCUT2D eigenvalue weighted by Gasteiger charge is 2.30. The third-order valence-corrected chi connectivity index (χ3v) is 6.90. The molecular weight excluding hydrogens is 386 g/mol. The monoisotopic (exact) mass is 411 g/mol. The van der Waals surface area contributed by atoms with E-state index in [1.54, 1.807) is 18.1 Å². The fourth-order valence-electron chi connectivity index (χ4n) is 4.43. The van der Waals surface area contributed by atoms with Gasteiger partial charge in [-0.2, -0.15) is 5.10 Å². The van der Waals surface area contributed by atoms with Crippen molar-refractivity contribution in [1.29, 1.82) is 0 Å². The van der Waals surface area contributed by atoms with E-state index in [-0.39, 0.29) is 5.92 Å². The third kappa shape index (κ3) is 3.93. The van der Waals surface area contributed by atoms with E-state index in [2.05, 4.69) is 47.4 Å². The summed E-state index contributed by atoms with van der Waals surface area (Å²) in [5.41, 5.74) is 7.54. The Balaban J connectivity index is 1.10. The van der Waals surface area contributed by atoms with Gasteiger partial charge in [0, 0.05) is 36.1 Å². The quantitative estimate of drug-likeness (QED) is 0.533. The van der Waals surface area contributed by atoms with Crippen molar-refractivity contribution in [3.05, 3.63) is 24.3 Å². The molecule has 1 atom stereocenters. The first kappa shape index (κ1) is 18.4. The first-order valence-corrected chi connectivity index (χ1v) is 11.1. The Morgan fingerprint density at radius 3 is 2.90 bits per heavy atom. The summed E-state index contributed by atoms with van der Waals surface area (Å²) in [6.45, 7) is 0.912. The third-order valence-electron chi connectivity index (χ3n) is 6.00. The predicted octanol–water partition coefficient (Wildman–Crippen LogP) is 2.78. The van der Waals surface area contributed by atoms with Gasteiger partial charge in [-0.15, -0.1) is 10.2 Å². The van der Waals surface area contributed by atoms with Gasteiger partial charge in [0.2, 0.25) is 5.95 Å². The summed E-state index contributed by atoms with van der Waals surface area (Å²) in [5.74, 6) is 2.45. The van der Waals surface area contributed by atoms with E-state index in [1.165, 1.54) is 32.1 Å². The van der Waals surface area contributed by atoms with Crippen molar-refractivity contribution in [2.75, 3.05) is 18.0 Å². The molecule has 1 saturated carbocycles. The molecule has 152 valence electrons. The van der Waals surface area contributed by atoms with E-state index in [9.17, 15) is 0 Å². The molecule has 0 radical (unpaired) electrons. The van der Waals surface area contributed by atoms with Crippen LogP contribution >= 0.6 is 11.8 Å². The number of nitrogens with two attached hydrogens (primary N) is 1. The van der Waals surface area contributed by atoms with Gasteiger partial charge in [-0.3, -0.25) is 5.01 Å². The minimum absolute atomic E-state index is 0.236. The van der Waals surface area contributed by atoms with Gasteiger partial charge in [0.15, 0.2) is 5.16 Å². The van der Waals surface area contributed by atoms with Crippen molar-refractivity contribution in [2.24, 2.45) is 11.0 Å². The molecule has 1 aliphatic carbocycles. The van der Waals surface area contributed by atoms with Gasteiger partial charge in [-0.1, -0.05) is 11.8 Å². The molecule has 1 aliphatic heterocycles. The lowest BCUT2D eigenvalue weighted by atomic mass is 9.84. The van der Waals surface area contributed by atoms with Gasteiger partial charge in [0.05, 0.1) is 11.6 Å². The zero-order valence-corrected chi connectivity index (χ0v) is 17.0. The van der Waals surface area contributed by atoms with Crippen molar-refractivity contribution in [1.82, 2.24) is 35.1 Å². The summed E-state index contributed by atoms with van der Waals surface area (Å²) in [5, 5.41) is 16.7. The second-order valence-corrected chi connectivity index (χ2v) is 8.90. The molecule has 1 unspecified atom stereocenters. The van der Waals surface area contributed by atoms with E-state index < -0.39 is 0 Å². The van der Waals surface area contributed by atoms with Crippen molar-refractivity contribution in [2.45, 2.75) is 49.2 Å². The highest BCUT2D eigenvalue weighted by Crippen LogP contribution is 2.34. The molecule has 1 fully saturated rings. The molecule has 29 heavy (non-hydrogen) atoms. The first-order valence-electron chi connectivity index (χ1n) is 10.2. The Labute approximate surface area is 173 Å². The lowest BCUT2D eigenvalue weighted by Crippen LogP contribution is -2.34. The Kier molecular flexibility index (Phi) is 5.09. The maximum atomic E-state index is 5.57. The molecule has 0 saturated heterocycles.